The van der Waals surface area contributed by atoms with Gasteiger partial charge in [-0.05, 0) is 24.9 Å². The fourth-order valence-corrected chi connectivity index (χ4v) is 1.84. The standard InChI is InChI=1S/C12H18N2O2/c1-15-12-4-2-3-11(14-12)9-16-8-10-5-6-13-7-10/h2-4,10,13H,5-9H2,1H3. The molecule has 2 rings (SSSR count). The molecule has 1 atom stereocenters. The average molecular weight is 222 g/mol. The lowest BCUT2D eigenvalue weighted by atomic mass is 10.1. The zero-order valence-electron chi connectivity index (χ0n) is 9.61. The second-order valence-electron chi connectivity index (χ2n) is 4.05. The molecule has 0 amide bonds. The second kappa shape index (κ2) is 5.82. The van der Waals surface area contributed by atoms with Crippen molar-refractivity contribution < 1.29 is 9.47 Å². The van der Waals surface area contributed by atoms with Gasteiger partial charge in [-0.3, -0.25) is 0 Å². The monoisotopic (exact) mass is 222 g/mol. The molecule has 1 fully saturated rings. The topological polar surface area (TPSA) is 43.4 Å². The van der Waals surface area contributed by atoms with Crippen molar-refractivity contribution in [3.05, 3.63) is 23.9 Å². The first-order chi connectivity index (χ1) is 7.88. The maximum atomic E-state index is 5.65. The Bertz CT molecular complexity index is 325. The second-order valence-corrected chi connectivity index (χ2v) is 4.05. The summed E-state index contributed by atoms with van der Waals surface area (Å²) >= 11 is 0. The molecule has 1 N–H and O–H groups in total. The molecule has 0 aliphatic carbocycles. The van der Waals surface area contributed by atoms with Gasteiger partial charge in [-0.15, -0.1) is 0 Å². The molecule has 16 heavy (non-hydrogen) atoms. The Morgan fingerprint density at radius 2 is 2.44 bits per heavy atom. The summed E-state index contributed by atoms with van der Waals surface area (Å²) in [6.07, 6.45) is 1.21. The fourth-order valence-electron chi connectivity index (χ4n) is 1.84. The van der Waals surface area contributed by atoms with E-state index in [4.69, 9.17) is 9.47 Å². The van der Waals surface area contributed by atoms with Crippen LogP contribution in [-0.4, -0.2) is 31.8 Å². The van der Waals surface area contributed by atoms with Gasteiger partial charge < -0.3 is 14.8 Å². The van der Waals surface area contributed by atoms with Crippen molar-refractivity contribution in [2.24, 2.45) is 5.92 Å². The number of nitrogens with zero attached hydrogens (tertiary/aromatic N) is 1. The highest BCUT2D eigenvalue weighted by molar-refractivity contribution is 5.14. The molecule has 4 heteroatoms. The van der Waals surface area contributed by atoms with Gasteiger partial charge in [0.1, 0.15) is 0 Å². The smallest absolute Gasteiger partial charge is 0.213 e. The summed E-state index contributed by atoms with van der Waals surface area (Å²) in [4.78, 5) is 4.29. The summed E-state index contributed by atoms with van der Waals surface area (Å²) in [6, 6.07) is 5.72. The molecule has 1 aliphatic heterocycles. The van der Waals surface area contributed by atoms with Crippen LogP contribution in [0.5, 0.6) is 5.88 Å². The van der Waals surface area contributed by atoms with Crippen LogP contribution < -0.4 is 10.1 Å². The molecule has 88 valence electrons. The van der Waals surface area contributed by atoms with Crippen molar-refractivity contribution in [3.8, 4) is 5.88 Å². The van der Waals surface area contributed by atoms with Gasteiger partial charge in [0.15, 0.2) is 0 Å². The van der Waals surface area contributed by atoms with Gasteiger partial charge in [0, 0.05) is 12.6 Å². The third-order valence-electron chi connectivity index (χ3n) is 2.76. The molecular weight excluding hydrogens is 204 g/mol. The average Bonchev–Trinajstić information content (AvgIpc) is 2.82. The highest BCUT2D eigenvalue weighted by Crippen LogP contribution is 2.10. The predicted molar refractivity (Wildman–Crippen MR) is 61.4 cm³/mol. The van der Waals surface area contributed by atoms with E-state index in [0.717, 1.165) is 25.4 Å². The predicted octanol–water partition coefficient (Wildman–Crippen LogP) is 1.22. The van der Waals surface area contributed by atoms with Crippen LogP contribution in [-0.2, 0) is 11.3 Å². The Morgan fingerprint density at radius 3 is 3.19 bits per heavy atom. The molecule has 0 radical (unpaired) electrons. The molecule has 0 saturated carbocycles. The summed E-state index contributed by atoms with van der Waals surface area (Å²) in [6.45, 7) is 3.57. The minimum absolute atomic E-state index is 0.563. The van der Waals surface area contributed by atoms with Crippen LogP contribution in [0.2, 0.25) is 0 Å². The third kappa shape index (κ3) is 3.18. The van der Waals surface area contributed by atoms with Crippen LogP contribution in [0.25, 0.3) is 0 Å². The van der Waals surface area contributed by atoms with Crippen molar-refractivity contribution in [1.82, 2.24) is 10.3 Å². The SMILES string of the molecule is COc1cccc(COCC2CCNC2)n1. The van der Waals surface area contributed by atoms with E-state index in [2.05, 4.69) is 10.3 Å². The molecule has 0 bridgehead atoms. The van der Waals surface area contributed by atoms with E-state index in [-0.39, 0.29) is 0 Å². The lowest BCUT2D eigenvalue weighted by Gasteiger charge is -2.09. The van der Waals surface area contributed by atoms with Gasteiger partial charge in [0.2, 0.25) is 5.88 Å². The number of ether oxygens (including phenoxy) is 2. The molecule has 1 aromatic heterocycles. The van der Waals surface area contributed by atoms with Crippen LogP contribution >= 0.6 is 0 Å². The number of hydrogen-bond acceptors (Lipinski definition) is 4. The lowest BCUT2D eigenvalue weighted by molar-refractivity contribution is 0.0899. The first-order valence-electron chi connectivity index (χ1n) is 5.67. The van der Waals surface area contributed by atoms with Crippen LogP contribution in [0.15, 0.2) is 18.2 Å². The minimum Gasteiger partial charge on any atom is -0.481 e. The van der Waals surface area contributed by atoms with E-state index >= 15 is 0 Å². The molecular formula is C12H18N2O2. The zero-order chi connectivity index (χ0) is 11.2. The van der Waals surface area contributed by atoms with Crippen LogP contribution in [0.4, 0.5) is 0 Å². The number of rotatable bonds is 5. The molecule has 0 spiro atoms. The van der Waals surface area contributed by atoms with Crippen molar-refractivity contribution in [3.63, 3.8) is 0 Å². The summed E-state index contributed by atoms with van der Waals surface area (Å²) in [5.41, 5.74) is 0.922. The Hall–Kier alpha value is -1.13. The molecule has 1 aromatic rings. The number of methoxy groups -OCH3 is 1. The molecule has 1 aliphatic rings. The van der Waals surface area contributed by atoms with Crippen molar-refractivity contribution in [2.75, 3.05) is 26.8 Å². The van der Waals surface area contributed by atoms with E-state index < -0.39 is 0 Å². The van der Waals surface area contributed by atoms with E-state index in [1.165, 1.54) is 6.42 Å². The third-order valence-corrected chi connectivity index (χ3v) is 2.76. The zero-order valence-corrected chi connectivity index (χ0v) is 9.61. The van der Waals surface area contributed by atoms with E-state index in [1.54, 1.807) is 7.11 Å². The van der Waals surface area contributed by atoms with Crippen molar-refractivity contribution >= 4 is 0 Å². The number of aromatic nitrogens is 1. The number of hydrogen-bond donors (Lipinski definition) is 1. The van der Waals surface area contributed by atoms with Gasteiger partial charge >= 0.3 is 0 Å². The van der Waals surface area contributed by atoms with Crippen molar-refractivity contribution in [1.29, 1.82) is 0 Å². The Morgan fingerprint density at radius 1 is 1.50 bits per heavy atom. The fraction of sp³-hybridized carbons (Fsp3) is 0.583. The summed E-state index contributed by atoms with van der Waals surface area (Å²) in [5.74, 6) is 1.30. The summed E-state index contributed by atoms with van der Waals surface area (Å²) in [7, 11) is 1.62. The Balaban J connectivity index is 1.75. The quantitative estimate of drug-likeness (QED) is 0.813. The molecule has 2 heterocycles. The molecule has 0 aromatic carbocycles. The first-order valence-corrected chi connectivity index (χ1v) is 5.67. The van der Waals surface area contributed by atoms with E-state index in [1.807, 2.05) is 18.2 Å². The van der Waals surface area contributed by atoms with Crippen LogP contribution in [0.1, 0.15) is 12.1 Å². The van der Waals surface area contributed by atoms with E-state index in [0.29, 0.717) is 18.4 Å². The van der Waals surface area contributed by atoms with Gasteiger partial charge in [-0.2, -0.15) is 0 Å². The lowest BCUT2D eigenvalue weighted by Crippen LogP contribution is -2.14. The largest absolute Gasteiger partial charge is 0.481 e. The van der Waals surface area contributed by atoms with Crippen molar-refractivity contribution in [2.45, 2.75) is 13.0 Å². The summed E-state index contributed by atoms with van der Waals surface area (Å²) < 4.78 is 10.7. The number of nitrogens with one attached hydrogen (secondary N) is 1. The molecule has 1 unspecified atom stereocenters. The van der Waals surface area contributed by atoms with Crippen LogP contribution in [0, 0.1) is 5.92 Å². The highest BCUT2D eigenvalue weighted by Gasteiger charge is 2.14. The molecule has 1 saturated heterocycles. The first kappa shape index (κ1) is 11.4. The molecule has 4 nitrogen and oxygen atoms in total. The normalized spacial score (nSPS) is 19.9. The summed E-state index contributed by atoms with van der Waals surface area (Å²) in [5, 5.41) is 3.32. The van der Waals surface area contributed by atoms with Crippen LogP contribution in [0.3, 0.4) is 0 Å². The Kier molecular flexibility index (Phi) is 4.13. The maximum Gasteiger partial charge on any atom is 0.213 e. The Labute approximate surface area is 96.0 Å². The van der Waals surface area contributed by atoms with Gasteiger partial charge in [0.25, 0.3) is 0 Å². The van der Waals surface area contributed by atoms with Gasteiger partial charge in [-0.1, -0.05) is 6.07 Å². The minimum atomic E-state index is 0.563. The van der Waals surface area contributed by atoms with Gasteiger partial charge in [0.05, 0.1) is 26.0 Å². The maximum absolute atomic E-state index is 5.65. The highest BCUT2D eigenvalue weighted by atomic mass is 16.5. The van der Waals surface area contributed by atoms with E-state index in [9.17, 15) is 0 Å². The van der Waals surface area contributed by atoms with Gasteiger partial charge in [-0.25, -0.2) is 4.98 Å². The number of pyridine rings is 1.